The number of morpholine rings is 1. The number of carbonyl (C=O) groups excluding carboxylic acids is 1. The lowest BCUT2D eigenvalue weighted by atomic mass is 9.95. The van der Waals surface area contributed by atoms with Crippen molar-refractivity contribution in [3.8, 4) is 0 Å². The highest BCUT2D eigenvalue weighted by atomic mass is 16.5. The molecule has 5 heteroatoms. The van der Waals surface area contributed by atoms with Gasteiger partial charge in [0.1, 0.15) is 6.04 Å². The number of hydrogen-bond donors (Lipinski definition) is 1. The van der Waals surface area contributed by atoms with Gasteiger partial charge in [0.25, 0.3) is 0 Å². The summed E-state index contributed by atoms with van der Waals surface area (Å²) in [5.41, 5.74) is 9.57. The van der Waals surface area contributed by atoms with E-state index in [1.54, 1.807) is 6.92 Å². The van der Waals surface area contributed by atoms with Crippen molar-refractivity contribution in [3.05, 3.63) is 29.3 Å². The number of esters is 1. The molecule has 1 aliphatic rings. The smallest absolute Gasteiger partial charge is 0.323 e. The van der Waals surface area contributed by atoms with Crippen molar-refractivity contribution < 1.29 is 14.3 Å². The number of ether oxygens (including phenoxy) is 2. The van der Waals surface area contributed by atoms with Crippen LogP contribution in [0.1, 0.15) is 37.8 Å². The predicted octanol–water partition coefficient (Wildman–Crippen LogP) is 2.08. The number of nitrogens with zero attached hydrogens (tertiary/aromatic N) is 1. The molecule has 0 bridgehead atoms. The van der Waals surface area contributed by atoms with Gasteiger partial charge in [0, 0.05) is 18.8 Å². The van der Waals surface area contributed by atoms with Crippen LogP contribution in [-0.2, 0) is 20.7 Å². The Morgan fingerprint density at radius 1 is 1.35 bits per heavy atom. The second-order valence-electron chi connectivity index (χ2n) is 6.21. The summed E-state index contributed by atoms with van der Waals surface area (Å²) in [6, 6.07) is 5.78. The lowest BCUT2D eigenvalue weighted by Gasteiger charge is -2.32. The number of anilines is 1. The van der Waals surface area contributed by atoms with Crippen LogP contribution < -0.4 is 10.6 Å². The maximum absolute atomic E-state index is 11.7. The fraction of sp³-hybridized carbons (Fsp3) is 0.611. The molecule has 0 amide bonds. The van der Waals surface area contributed by atoms with Gasteiger partial charge in [-0.15, -0.1) is 0 Å². The lowest BCUT2D eigenvalue weighted by molar-refractivity contribution is -0.144. The Morgan fingerprint density at radius 2 is 2.04 bits per heavy atom. The highest BCUT2D eigenvalue weighted by molar-refractivity contribution is 5.76. The number of benzene rings is 1. The molecule has 0 aromatic heterocycles. The van der Waals surface area contributed by atoms with Gasteiger partial charge in [0.15, 0.2) is 0 Å². The average Bonchev–Trinajstić information content (AvgIpc) is 2.55. The van der Waals surface area contributed by atoms with Gasteiger partial charge in [-0.25, -0.2) is 0 Å². The maximum atomic E-state index is 11.7. The molecular weight excluding hydrogens is 292 g/mol. The molecule has 1 aromatic carbocycles. The summed E-state index contributed by atoms with van der Waals surface area (Å²) >= 11 is 0. The third-order valence-electron chi connectivity index (χ3n) is 4.11. The van der Waals surface area contributed by atoms with Gasteiger partial charge in [0.2, 0.25) is 0 Å². The van der Waals surface area contributed by atoms with Crippen molar-refractivity contribution >= 4 is 11.7 Å². The molecule has 2 N–H and O–H groups in total. The molecule has 1 atom stereocenters. The van der Waals surface area contributed by atoms with Gasteiger partial charge in [-0.3, -0.25) is 4.79 Å². The number of rotatable bonds is 6. The zero-order valence-electron chi connectivity index (χ0n) is 14.4. The van der Waals surface area contributed by atoms with Crippen molar-refractivity contribution in [3.63, 3.8) is 0 Å². The second-order valence-corrected chi connectivity index (χ2v) is 6.21. The van der Waals surface area contributed by atoms with Crippen molar-refractivity contribution in [1.82, 2.24) is 0 Å². The van der Waals surface area contributed by atoms with Gasteiger partial charge in [-0.05, 0) is 36.5 Å². The zero-order chi connectivity index (χ0) is 16.8. The Labute approximate surface area is 138 Å². The summed E-state index contributed by atoms with van der Waals surface area (Å²) in [6.07, 6.45) is 0.502. The van der Waals surface area contributed by atoms with Crippen LogP contribution in [0.15, 0.2) is 18.2 Å². The van der Waals surface area contributed by atoms with E-state index in [1.807, 2.05) is 0 Å². The molecule has 1 aromatic rings. The monoisotopic (exact) mass is 320 g/mol. The largest absolute Gasteiger partial charge is 0.465 e. The summed E-state index contributed by atoms with van der Waals surface area (Å²) in [6.45, 7) is 9.91. The molecular formula is C18H28N2O3. The Kier molecular flexibility index (Phi) is 6.42. The minimum absolute atomic E-state index is 0.337. The van der Waals surface area contributed by atoms with Gasteiger partial charge in [0.05, 0.1) is 19.8 Å². The predicted molar refractivity (Wildman–Crippen MR) is 91.9 cm³/mol. The summed E-state index contributed by atoms with van der Waals surface area (Å²) < 4.78 is 10.4. The minimum Gasteiger partial charge on any atom is -0.465 e. The fourth-order valence-corrected chi connectivity index (χ4v) is 2.87. The molecule has 1 fully saturated rings. The van der Waals surface area contributed by atoms with Crippen LogP contribution in [0.3, 0.4) is 0 Å². The van der Waals surface area contributed by atoms with E-state index in [-0.39, 0.29) is 5.97 Å². The van der Waals surface area contributed by atoms with Gasteiger partial charge < -0.3 is 20.1 Å². The minimum atomic E-state index is -0.607. The zero-order valence-corrected chi connectivity index (χ0v) is 14.4. The summed E-state index contributed by atoms with van der Waals surface area (Å²) in [5, 5.41) is 0. The summed E-state index contributed by atoms with van der Waals surface area (Å²) in [7, 11) is 0. The first kappa shape index (κ1) is 17.8. The van der Waals surface area contributed by atoms with Crippen LogP contribution in [0.4, 0.5) is 5.69 Å². The van der Waals surface area contributed by atoms with Gasteiger partial charge in [-0.2, -0.15) is 0 Å². The number of carbonyl (C=O) groups is 1. The van der Waals surface area contributed by atoms with E-state index in [4.69, 9.17) is 15.2 Å². The van der Waals surface area contributed by atoms with E-state index in [1.165, 1.54) is 11.3 Å². The number of nitrogens with two attached hydrogens (primary N) is 1. The molecule has 0 radical (unpaired) electrons. The van der Waals surface area contributed by atoms with E-state index in [2.05, 4.69) is 36.9 Å². The molecule has 5 nitrogen and oxygen atoms in total. The molecule has 0 saturated carbocycles. The average molecular weight is 320 g/mol. The molecule has 1 heterocycles. The second kappa shape index (κ2) is 8.31. The van der Waals surface area contributed by atoms with Crippen LogP contribution in [0, 0.1) is 0 Å². The lowest BCUT2D eigenvalue weighted by Crippen LogP contribution is -2.37. The van der Waals surface area contributed by atoms with Crippen LogP contribution in [0.2, 0.25) is 0 Å². The van der Waals surface area contributed by atoms with Crippen LogP contribution in [0.25, 0.3) is 0 Å². The SMILES string of the molecule is CCOC(=O)C(N)Cc1ccc(N2CCOCC2)c(C(C)C)c1. The summed E-state index contributed by atoms with van der Waals surface area (Å²) in [4.78, 5) is 14.1. The molecule has 1 unspecified atom stereocenters. The van der Waals surface area contributed by atoms with Crippen LogP contribution >= 0.6 is 0 Å². The Morgan fingerprint density at radius 3 is 2.65 bits per heavy atom. The van der Waals surface area contributed by atoms with E-state index in [0.717, 1.165) is 31.9 Å². The van der Waals surface area contributed by atoms with E-state index >= 15 is 0 Å². The molecule has 0 aliphatic carbocycles. The Bertz CT molecular complexity index is 525. The molecule has 1 saturated heterocycles. The van der Waals surface area contributed by atoms with Crippen molar-refractivity contribution in [2.75, 3.05) is 37.8 Å². The van der Waals surface area contributed by atoms with Gasteiger partial charge in [-0.1, -0.05) is 26.0 Å². The van der Waals surface area contributed by atoms with E-state index in [9.17, 15) is 4.79 Å². The topological polar surface area (TPSA) is 64.8 Å². The maximum Gasteiger partial charge on any atom is 0.323 e. The highest BCUT2D eigenvalue weighted by Gasteiger charge is 2.19. The standard InChI is InChI=1S/C18H28N2O3/c1-4-23-18(21)16(19)12-14-5-6-17(15(11-14)13(2)3)20-7-9-22-10-8-20/h5-6,11,13,16H,4,7-10,12,19H2,1-3H3. The fourth-order valence-electron chi connectivity index (χ4n) is 2.87. The highest BCUT2D eigenvalue weighted by Crippen LogP contribution is 2.29. The molecule has 0 spiro atoms. The van der Waals surface area contributed by atoms with Crippen molar-refractivity contribution in [2.45, 2.75) is 39.2 Å². The van der Waals surface area contributed by atoms with E-state index < -0.39 is 6.04 Å². The summed E-state index contributed by atoms with van der Waals surface area (Å²) in [5.74, 6) is 0.0717. The normalized spacial score (nSPS) is 16.5. The van der Waals surface area contributed by atoms with Crippen molar-refractivity contribution in [2.24, 2.45) is 5.73 Å². The number of hydrogen-bond acceptors (Lipinski definition) is 5. The third kappa shape index (κ3) is 4.69. The quantitative estimate of drug-likeness (QED) is 0.813. The molecule has 2 rings (SSSR count). The molecule has 128 valence electrons. The van der Waals surface area contributed by atoms with Crippen LogP contribution in [-0.4, -0.2) is 44.9 Å². The first-order chi connectivity index (χ1) is 11.0. The first-order valence-corrected chi connectivity index (χ1v) is 8.40. The Hall–Kier alpha value is -1.59. The molecule has 23 heavy (non-hydrogen) atoms. The van der Waals surface area contributed by atoms with Gasteiger partial charge >= 0.3 is 5.97 Å². The van der Waals surface area contributed by atoms with E-state index in [0.29, 0.717) is 18.9 Å². The van der Waals surface area contributed by atoms with Crippen molar-refractivity contribution in [1.29, 1.82) is 0 Å². The Balaban J connectivity index is 2.16. The van der Waals surface area contributed by atoms with Crippen LogP contribution in [0.5, 0.6) is 0 Å². The first-order valence-electron chi connectivity index (χ1n) is 8.40. The third-order valence-corrected chi connectivity index (χ3v) is 4.11. The molecule has 1 aliphatic heterocycles.